The fourth-order valence-corrected chi connectivity index (χ4v) is 5.39. The Morgan fingerprint density at radius 3 is 2.69 bits per heavy atom. The number of amides is 1. The number of aromatic nitrogens is 5. The molecule has 2 bridgehead atoms. The summed E-state index contributed by atoms with van der Waals surface area (Å²) in [6.45, 7) is 6.22. The molecular formula is C26H27FN6O3. The minimum absolute atomic E-state index is 0.0600. The molecule has 1 N–H and O–H groups in total. The number of halogens is 1. The van der Waals surface area contributed by atoms with Gasteiger partial charge in [-0.15, -0.1) is 0 Å². The lowest BCUT2D eigenvalue weighted by Gasteiger charge is -2.41. The van der Waals surface area contributed by atoms with Crippen LogP contribution >= 0.6 is 0 Å². The SMILES string of the molecule is CC(C)Oc1c(C(=O)Nc2cccc(-c3cnn(C)c3)n2)cn2cc(C34COC(C)(C3)C4)nc2c1F. The third-order valence-corrected chi connectivity index (χ3v) is 6.90. The van der Waals surface area contributed by atoms with E-state index >= 15 is 4.39 Å². The molecule has 0 spiro atoms. The molecule has 0 unspecified atom stereocenters. The maximum absolute atomic E-state index is 15.7. The highest BCUT2D eigenvalue weighted by atomic mass is 19.1. The second-order valence-corrected chi connectivity index (χ2v) is 10.3. The van der Waals surface area contributed by atoms with E-state index in [1.807, 2.05) is 19.3 Å². The number of carbonyl (C=O) groups is 1. The van der Waals surface area contributed by atoms with Crippen molar-refractivity contribution in [2.45, 2.75) is 50.7 Å². The van der Waals surface area contributed by atoms with Gasteiger partial charge in [0, 0.05) is 36.6 Å². The van der Waals surface area contributed by atoms with E-state index < -0.39 is 11.7 Å². The van der Waals surface area contributed by atoms with Gasteiger partial charge in [0.05, 0.1) is 35.9 Å². The van der Waals surface area contributed by atoms with E-state index in [1.54, 1.807) is 53.7 Å². The second-order valence-electron chi connectivity index (χ2n) is 10.3. The standard InChI is InChI=1S/C26H27FN6O3/c1-15(2)36-22-17(24(34)31-20-7-5-6-18(29-20)16-8-28-32(4)9-16)10-33-11-19(30-23(33)21(22)27)26-12-25(3,13-26)35-14-26/h5-11,15H,12-14H2,1-4H3,(H,29,31,34). The number of imidazole rings is 1. The topological polar surface area (TPSA) is 95.6 Å². The number of nitrogens with one attached hydrogen (secondary N) is 1. The van der Waals surface area contributed by atoms with Gasteiger partial charge in [0.25, 0.3) is 5.91 Å². The van der Waals surface area contributed by atoms with Crippen molar-refractivity contribution in [2.24, 2.45) is 7.05 Å². The fourth-order valence-electron chi connectivity index (χ4n) is 5.39. The molecule has 3 fully saturated rings. The Balaban J connectivity index is 1.36. The molecule has 1 aliphatic carbocycles. The number of carbonyl (C=O) groups excluding carboxylic acids is 1. The molecule has 2 aliphatic heterocycles. The molecule has 1 amide bonds. The zero-order chi connectivity index (χ0) is 25.2. The van der Waals surface area contributed by atoms with Gasteiger partial charge in [0.1, 0.15) is 11.4 Å². The first-order valence-electron chi connectivity index (χ1n) is 11.9. The van der Waals surface area contributed by atoms with Crippen molar-refractivity contribution in [1.29, 1.82) is 0 Å². The summed E-state index contributed by atoms with van der Waals surface area (Å²) in [6.07, 6.45) is 8.26. The number of aryl methyl sites for hydroxylation is 1. The smallest absolute Gasteiger partial charge is 0.262 e. The third-order valence-electron chi connectivity index (χ3n) is 6.90. The molecule has 0 aromatic carbocycles. The maximum atomic E-state index is 15.7. The van der Waals surface area contributed by atoms with Crippen molar-refractivity contribution in [3.05, 3.63) is 60.1 Å². The van der Waals surface area contributed by atoms with Gasteiger partial charge in [0.2, 0.25) is 5.82 Å². The van der Waals surface area contributed by atoms with E-state index in [1.165, 1.54) is 0 Å². The Bertz CT molecular complexity index is 1500. The molecule has 0 atom stereocenters. The molecule has 2 saturated heterocycles. The number of hydrogen-bond donors (Lipinski definition) is 1. The second kappa shape index (κ2) is 7.86. The predicted octanol–water partition coefficient (Wildman–Crippen LogP) is 4.13. The van der Waals surface area contributed by atoms with Gasteiger partial charge < -0.3 is 19.2 Å². The summed E-state index contributed by atoms with van der Waals surface area (Å²) in [4.78, 5) is 22.5. The maximum Gasteiger partial charge on any atom is 0.262 e. The summed E-state index contributed by atoms with van der Waals surface area (Å²) in [7, 11) is 1.82. The lowest BCUT2D eigenvalue weighted by molar-refractivity contribution is 0.0154. The minimum atomic E-state index is -0.669. The van der Waals surface area contributed by atoms with Crippen molar-refractivity contribution in [3.8, 4) is 17.0 Å². The van der Waals surface area contributed by atoms with Crippen LogP contribution in [0, 0.1) is 5.82 Å². The van der Waals surface area contributed by atoms with Gasteiger partial charge in [-0.1, -0.05) is 6.07 Å². The first-order chi connectivity index (χ1) is 17.1. The Kier molecular flexibility index (Phi) is 4.95. The number of ether oxygens (including phenoxy) is 2. The first kappa shape index (κ1) is 22.7. The lowest BCUT2D eigenvalue weighted by atomic mass is 9.62. The number of anilines is 1. The molecule has 6 heterocycles. The Morgan fingerprint density at radius 1 is 1.22 bits per heavy atom. The van der Waals surface area contributed by atoms with Crippen LogP contribution in [0.2, 0.25) is 0 Å². The van der Waals surface area contributed by atoms with Crippen molar-refractivity contribution in [3.63, 3.8) is 0 Å². The molecule has 4 aromatic heterocycles. The number of nitrogens with zero attached hydrogens (tertiary/aromatic N) is 5. The Hall–Kier alpha value is -3.79. The average Bonchev–Trinajstić information content (AvgIpc) is 3.57. The molecule has 10 heteroatoms. The van der Waals surface area contributed by atoms with Gasteiger partial charge in [0.15, 0.2) is 11.4 Å². The summed E-state index contributed by atoms with van der Waals surface area (Å²) in [6, 6.07) is 5.30. The Morgan fingerprint density at radius 2 is 2.03 bits per heavy atom. The normalized spacial score (nSPS) is 22.7. The largest absolute Gasteiger partial charge is 0.487 e. The van der Waals surface area contributed by atoms with Gasteiger partial charge in [-0.25, -0.2) is 9.97 Å². The Labute approximate surface area is 207 Å². The molecule has 1 saturated carbocycles. The predicted molar refractivity (Wildman–Crippen MR) is 131 cm³/mol. The monoisotopic (exact) mass is 490 g/mol. The molecule has 4 aromatic rings. The van der Waals surface area contributed by atoms with Crippen LogP contribution in [0.5, 0.6) is 5.75 Å². The number of fused-ring (bicyclic) bond motifs is 2. The van der Waals surface area contributed by atoms with E-state index in [2.05, 4.69) is 27.3 Å². The van der Waals surface area contributed by atoms with Crippen molar-refractivity contribution in [1.82, 2.24) is 24.1 Å². The van der Waals surface area contributed by atoms with E-state index in [9.17, 15) is 4.79 Å². The van der Waals surface area contributed by atoms with Gasteiger partial charge in [-0.3, -0.25) is 9.48 Å². The number of pyridine rings is 2. The number of hydrogen-bond acceptors (Lipinski definition) is 6. The highest BCUT2D eigenvalue weighted by Gasteiger charge is 2.61. The zero-order valence-electron chi connectivity index (χ0n) is 20.6. The summed E-state index contributed by atoms with van der Waals surface area (Å²) in [5.41, 5.74) is 2.11. The van der Waals surface area contributed by atoms with Crippen LogP contribution in [-0.2, 0) is 17.2 Å². The van der Waals surface area contributed by atoms with Crippen LogP contribution in [0.15, 0.2) is 43.0 Å². The van der Waals surface area contributed by atoms with E-state index in [4.69, 9.17) is 9.47 Å². The zero-order valence-corrected chi connectivity index (χ0v) is 20.6. The van der Waals surface area contributed by atoms with Crippen molar-refractivity contribution >= 4 is 17.4 Å². The van der Waals surface area contributed by atoms with Gasteiger partial charge in [-0.2, -0.15) is 9.49 Å². The van der Waals surface area contributed by atoms with Crippen molar-refractivity contribution < 1.29 is 18.7 Å². The van der Waals surface area contributed by atoms with Crippen LogP contribution in [0.25, 0.3) is 16.9 Å². The summed E-state index contributed by atoms with van der Waals surface area (Å²) in [5.74, 6) is -0.998. The minimum Gasteiger partial charge on any atom is -0.487 e. The highest BCUT2D eigenvalue weighted by molar-refractivity contribution is 6.06. The number of rotatable bonds is 6. The lowest BCUT2D eigenvalue weighted by Crippen LogP contribution is -2.45. The fraction of sp³-hybridized carbons (Fsp3) is 0.385. The van der Waals surface area contributed by atoms with Gasteiger partial charge in [-0.05, 0) is 45.7 Å². The van der Waals surface area contributed by atoms with E-state index in [0.717, 1.165) is 24.1 Å². The van der Waals surface area contributed by atoms with Crippen LogP contribution in [-0.4, -0.2) is 48.4 Å². The first-order valence-corrected chi connectivity index (χ1v) is 11.9. The highest BCUT2D eigenvalue weighted by Crippen LogP contribution is 2.58. The molecule has 3 aliphatic rings. The van der Waals surface area contributed by atoms with Crippen LogP contribution in [0.4, 0.5) is 10.2 Å². The van der Waals surface area contributed by atoms with Crippen LogP contribution in [0.3, 0.4) is 0 Å². The van der Waals surface area contributed by atoms with Crippen LogP contribution < -0.4 is 10.1 Å². The van der Waals surface area contributed by atoms with E-state index in [-0.39, 0.29) is 34.1 Å². The summed E-state index contributed by atoms with van der Waals surface area (Å²) < 4.78 is 30.7. The van der Waals surface area contributed by atoms with E-state index in [0.29, 0.717) is 18.1 Å². The molecule has 0 radical (unpaired) electrons. The molecular weight excluding hydrogens is 463 g/mol. The summed E-state index contributed by atoms with van der Waals surface area (Å²) in [5, 5.41) is 6.95. The quantitative estimate of drug-likeness (QED) is 0.437. The average molecular weight is 491 g/mol. The van der Waals surface area contributed by atoms with Crippen LogP contribution in [0.1, 0.15) is 49.7 Å². The molecule has 36 heavy (non-hydrogen) atoms. The molecule has 9 nitrogen and oxygen atoms in total. The molecule has 7 rings (SSSR count). The van der Waals surface area contributed by atoms with Crippen molar-refractivity contribution in [2.75, 3.05) is 11.9 Å². The van der Waals surface area contributed by atoms with Gasteiger partial charge >= 0.3 is 0 Å². The third kappa shape index (κ3) is 3.63. The summed E-state index contributed by atoms with van der Waals surface area (Å²) >= 11 is 0. The molecule has 186 valence electrons.